The molecule has 0 aliphatic heterocycles. The molecule has 0 aromatic heterocycles. The zero-order valence-corrected chi connectivity index (χ0v) is 6.49. The van der Waals surface area contributed by atoms with E-state index in [1.54, 1.807) is 0 Å². The van der Waals surface area contributed by atoms with E-state index < -0.39 is 11.9 Å². The van der Waals surface area contributed by atoms with E-state index in [9.17, 15) is 0 Å². The minimum atomic E-state index is -0.833. The maximum absolute atomic E-state index is 9.00. The summed E-state index contributed by atoms with van der Waals surface area (Å²) in [5.41, 5.74) is 0. The Hall–Kier alpha value is -0.320. The number of carboxylic acid groups (broad SMARTS) is 2. The standard InChI is InChI=1S/2C2H4O2.Ag/c2*1-2(3)4;/h2*1H3,(H,3,4);. The van der Waals surface area contributed by atoms with Gasteiger partial charge in [0, 0.05) is 36.2 Å². The maximum Gasteiger partial charge on any atom is 0.300 e. The van der Waals surface area contributed by atoms with Crippen LogP contribution in [-0.4, -0.2) is 22.2 Å². The molecule has 0 fully saturated rings. The molecule has 0 saturated carbocycles. The first-order valence-corrected chi connectivity index (χ1v) is 1.86. The second-order valence-corrected chi connectivity index (χ2v) is 1.04. The zero-order valence-electron chi connectivity index (χ0n) is 5.01. The molecule has 0 saturated heterocycles. The summed E-state index contributed by atoms with van der Waals surface area (Å²) >= 11 is 0. The molecule has 0 bridgehead atoms. The van der Waals surface area contributed by atoms with Gasteiger partial charge in [0.2, 0.25) is 0 Å². The van der Waals surface area contributed by atoms with E-state index in [0.717, 1.165) is 13.8 Å². The van der Waals surface area contributed by atoms with Crippen LogP contribution in [0.3, 0.4) is 0 Å². The summed E-state index contributed by atoms with van der Waals surface area (Å²) < 4.78 is 0. The van der Waals surface area contributed by atoms with Crippen molar-refractivity contribution < 1.29 is 42.2 Å². The van der Waals surface area contributed by atoms with E-state index in [0.29, 0.717) is 0 Å². The fourth-order valence-electron chi connectivity index (χ4n) is 0. The van der Waals surface area contributed by atoms with Crippen LogP contribution in [0.15, 0.2) is 0 Å². The first-order chi connectivity index (χ1) is 3.46. The third-order valence-electron chi connectivity index (χ3n) is 0. The summed E-state index contributed by atoms with van der Waals surface area (Å²) in [6.45, 7) is 2.17. The Labute approximate surface area is 68.4 Å². The molecule has 0 atom stereocenters. The van der Waals surface area contributed by atoms with Crippen LogP contribution >= 0.6 is 0 Å². The molecule has 0 amide bonds. The molecule has 1 radical (unpaired) electrons. The smallest absolute Gasteiger partial charge is 0.300 e. The quantitative estimate of drug-likeness (QED) is 0.580. The Morgan fingerprint density at radius 1 is 1.00 bits per heavy atom. The van der Waals surface area contributed by atoms with Crippen LogP contribution in [0.4, 0.5) is 0 Å². The summed E-state index contributed by atoms with van der Waals surface area (Å²) in [6.07, 6.45) is 0. The summed E-state index contributed by atoms with van der Waals surface area (Å²) in [5, 5.41) is 14.8. The molecule has 0 aromatic rings. The van der Waals surface area contributed by atoms with Gasteiger partial charge in [0.05, 0.1) is 0 Å². The van der Waals surface area contributed by atoms with Gasteiger partial charge in [-0.15, -0.1) is 0 Å². The van der Waals surface area contributed by atoms with Crippen molar-refractivity contribution in [1.29, 1.82) is 0 Å². The van der Waals surface area contributed by atoms with Crippen LogP contribution in [-0.2, 0) is 32.0 Å². The number of hydrogen-bond acceptors (Lipinski definition) is 2. The molecule has 59 valence electrons. The normalized spacial score (nSPS) is 5.56. The number of carbonyl (C=O) groups is 2. The van der Waals surface area contributed by atoms with E-state index in [1.807, 2.05) is 0 Å². The van der Waals surface area contributed by atoms with Gasteiger partial charge in [-0.1, -0.05) is 0 Å². The van der Waals surface area contributed by atoms with Gasteiger partial charge in [-0.05, 0) is 0 Å². The fourth-order valence-corrected chi connectivity index (χ4v) is 0. The SMILES string of the molecule is CC(=O)O.CC(=O)O.[Ag]. The predicted molar refractivity (Wildman–Crippen MR) is 26.6 cm³/mol. The maximum atomic E-state index is 9.00. The van der Waals surface area contributed by atoms with Gasteiger partial charge in [-0.2, -0.15) is 0 Å². The third-order valence-corrected chi connectivity index (χ3v) is 0. The second-order valence-electron chi connectivity index (χ2n) is 1.04. The summed E-state index contributed by atoms with van der Waals surface area (Å²) in [5.74, 6) is -1.67. The minimum absolute atomic E-state index is 0. The van der Waals surface area contributed by atoms with E-state index >= 15 is 0 Å². The van der Waals surface area contributed by atoms with Crippen molar-refractivity contribution in [2.24, 2.45) is 0 Å². The second kappa shape index (κ2) is 10.6. The Balaban J connectivity index is -0.0000000720. The van der Waals surface area contributed by atoms with Gasteiger partial charge in [-0.3, -0.25) is 9.59 Å². The first-order valence-electron chi connectivity index (χ1n) is 1.86. The molecule has 0 heterocycles. The molecular weight excluding hydrogens is 220 g/mol. The summed E-state index contributed by atoms with van der Waals surface area (Å²) in [7, 11) is 0. The minimum Gasteiger partial charge on any atom is -0.481 e. The van der Waals surface area contributed by atoms with Gasteiger partial charge < -0.3 is 10.2 Å². The van der Waals surface area contributed by atoms with Gasteiger partial charge >= 0.3 is 0 Å². The van der Waals surface area contributed by atoms with Crippen LogP contribution in [0.2, 0.25) is 0 Å². The van der Waals surface area contributed by atoms with Crippen molar-refractivity contribution in [3.8, 4) is 0 Å². The number of carboxylic acids is 2. The van der Waals surface area contributed by atoms with E-state index in [4.69, 9.17) is 19.8 Å². The number of hydrogen-bond donors (Lipinski definition) is 2. The molecule has 0 aromatic carbocycles. The first kappa shape index (κ1) is 15.9. The molecule has 0 aliphatic carbocycles. The average molecular weight is 228 g/mol. The van der Waals surface area contributed by atoms with E-state index in [1.165, 1.54) is 0 Å². The Morgan fingerprint density at radius 2 is 1.00 bits per heavy atom. The summed E-state index contributed by atoms with van der Waals surface area (Å²) in [6, 6.07) is 0. The van der Waals surface area contributed by atoms with Crippen molar-refractivity contribution in [1.82, 2.24) is 0 Å². The van der Waals surface area contributed by atoms with Crippen molar-refractivity contribution in [2.75, 3.05) is 0 Å². The number of aliphatic carboxylic acids is 2. The fraction of sp³-hybridized carbons (Fsp3) is 0.500. The van der Waals surface area contributed by atoms with Gasteiger partial charge in [0.25, 0.3) is 11.9 Å². The van der Waals surface area contributed by atoms with Crippen LogP contribution < -0.4 is 0 Å². The molecule has 0 spiro atoms. The third kappa shape index (κ3) is 2420. The summed E-state index contributed by atoms with van der Waals surface area (Å²) in [4.78, 5) is 18.0. The molecule has 0 unspecified atom stereocenters. The molecule has 2 N–H and O–H groups in total. The van der Waals surface area contributed by atoms with Crippen molar-refractivity contribution in [3.63, 3.8) is 0 Å². The van der Waals surface area contributed by atoms with Crippen LogP contribution in [0.5, 0.6) is 0 Å². The van der Waals surface area contributed by atoms with Crippen molar-refractivity contribution in [3.05, 3.63) is 0 Å². The van der Waals surface area contributed by atoms with E-state index in [2.05, 4.69) is 0 Å². The topological polar surface area (TPSA) is 74.6 Å². The average Bonchev–Trinajstić information content (AvgIpc) is 1.25. The van der Waals surface area contributed by atoms with Crippen molar-refractivity contribution >= 4 is 11.9 Å². The molecular formula is C4H8AgO4. The molecule has 9 heavy (non-hydrogen) atoms. The van der Waals surface area contributed by atoms with Crippen molar-refractivity contribution in [2.45, 2.75) is 13.8 Å². The Morgan fingerprint density at radius 3 is 1.00 bits per heavy atom. The molecule has 0 aliphatic rings. The zero-order chi connectivity index (χ0) is 7.15. The monoisotopic (exact) mass is 227 g/mol. The van der Waals surface area contributed by atoms with Gasteiger partial charge in [-0.25, -0.2) is 0 Å². The Bertz CT molecular complexity index is 70.6. The largest absolute Gasteiger partial charge is 0.481 e. The molecule has 4 nitrogen and oxygen atoms in total. The molecule has 5 heteroatoms. The van der Waals surface area contributed by atoms with Crippen LogP contribution in [0.25, 0.3) is 0 Å². The van der Waals surface area contributed by atoms with Gasteiger partial charge in [0.15, 0.2) is 0 Å². The van der Waals surface area contributed by atoms with Crippen LogP contribution in [0.1, 0.15) is 13.8 Å². The van der Waals surface area contributed by atoms with Gasteiger partial charge in [0.1, 0.15) is 0 Å². The predicted octanol–water partition coefficient (Wildman–Crippen LogP) is 0.179. The van der Waals surface area contributed by atoms with Crippen LogP contribution in [0, 0.1) is 0 Å². The number of rotatable bonds is 0. The Kier molecular flexibility index (Phi) is 18.7. The molecule has 0 rings (SSSR count). The van der Waals surface area contributed by atoms with E-state index in [-0.39, 0.29) is 22.4 Å².